The highest BCUT2D eigenvalue weighted by atomic mass is 19.4. The Morgan fingerprint density at radius 1 is 0.825 bits per heavy atom. The molecule has 1 aliphatic rings. The summed E-state index contributed by atoms with van der Waals surface area (Å²) in [5, 5.41) is 33.0. The van der Waals surface area contributed by atoms with Crippen LogP contribution in [-0.4, -0.2) is 96.0 Å². The van der Waals surface area contributed by atoms with E-state index in [4.69, 9.17) is 20.4 Å². The molecule has 1 aliphatic carbocycles. The van der Waals surface area contributed by atoms with Gasteiger partial charge in [-0.1, -0.05) is 94.5 Å². The van der Waals surface area contributed by atoms with Crippen molar-refractivity contribution in [2.45, 2.75) is 90.3 Å². The van der Waals surface area contributed by atoms with E-state index in [1.165, 1.54) is 44.2 Å². The summed E-state index contributed by atoms with van der Waals surface area (Å²) in [4.78, 5) is 55.4. The summed E-state index contributed by atoms with van der Waals surface area (Å²) >= 11 is 0. The van der Waals surface area contributed by atoms with Crippen molar-refractivity contribution in [1.29, 1.82) is 0 Å². The minimum Gasteiger partial charge on any atom is -0.479 e. The summed E-state index contributed by atoms with van der Waals surface area (Å²) in [5.41, 5.74) is 2.21. The highest BCUT2D eigenvalue weighted by Crippen LogP contribution is 2.31. The Hall–Kier alpha value is -5.12. The van der Waals surface area contributed by atoms with Crippen LogP contribution in [0.5, 0.6) is 0 Å². The highest BCUT2D eigenvalue weighted by Gasteiger charge is 2.30. The number of carbonyl (C=O) groups excluding carboxylic acids is 1. The fourth-order valence-electron chi connectivity index (χ4n) is 6.92. The molecule has 0 radical (unpaired) electrons. The quantitative estimate of drug-likeness (QED) is 0.108. The maximum Gasteiger partial charge on any atom is 0.416 e. The van der Waals surface area contributed by atoms with Crippen LogP contribution in [0.25, 0.3) is 22.0 Å². The molecule has 1 saturated carbocycles. The van der Waals surface area contributed by atoms with Crippen molar-refractivity contribution in [3.05, 3.63) is 100 Å². The van der Waals surface area contributed by atoms with Crippen LogP contribution in [0.1, 0.15) is 69.3 Å². The van der Waals surface area contributed by atoms with Gasteiger partial charge in [-0.15, -0.1) is 0 Å². The second kappa shape index (κ2) is 20.9. The van der Waals surface area contributed by atoms with E-state index in [1.54, 1.807) is 6.07 Å². The zero-order chi connectivity index (χ0) is 41.7. The summed E-state index contributed by atoms with van der Waals surface area (Å²) in [6.07, 6.45) is -1.13. The first-order chi connectivity index (χ1) is 27.1. The topological polar surface area (TPSA) is 174 Å². The number of aliphatic carboxylic acids is 2. The van der Waals surface area contributed by atoms with Crippen LogP contribution in [0.2, 0.25) is 0 Å². The first-order valence-corrected chi connectivity index (χ1v) is 19.2. The van der Waals surface area contributed by atoms with Crippen molar-refractivity contribution in [1.82, 2.24) is 19.4 Å². The molecule has 308 valence electrons. The van der Waals surface area contributed by atoms with Crippen LogP contribution in [0.4, 0.5) is 13.2 Å². The molecular weight excluding hydrogens is 745 g/mol. The first-order valence-electron chi connectivity index (χ1n) is 19.2. The number of alkyl halides is 3. The van der Waals surface area contributed by atoms with E-state index in [0.29, 0.717) is 42.2 Å². The smallest absolute Gasteiger partial charge is 0.416 e. The standard InChI is InChI=1S/C38H45F3N4O2.C4H6O6/c1-3-43(4-2)24-25-44(26-29-14-17-30(18-15-29)31-19-21-32(22-20-31)38(39,40)41)36(46)27-45-34-13-9-8-12-33(34)37(47)42-35(45)23-16-28-10-6-5-7-11-28;5-1(3(7)8)2(6)4(9)10/h8-9,12-15,17-22,28H,3-7,10-11,16,23-27H2,1-2H3;1-2,5-6H,(H,7,8)(H,9,10)/t;1-,2-/m.1/s1. The molecule has 3 aromatic carbocycles. The molecule has 0 unspecified atom stereocenters. The molecule has 0 spiro atoms. The number of fused-ring (bicyclic) bond motifs is 1. The van der Waals surface area contributed by atoms with Crippen molar-refractivity contribution in [3.63, 3.8) is 0 Å². The lowest BCUT2D eigenvalue weighted by molar-refractivity contribution is -0.165. The van der Waals surface area contributed by atoms with Gasteiger partial charge in [-0.05, 0) is 66.4 Å². The molecule has 1 amide bonds. The van der Waals surface area contributed by atoms with Gasteiger partial charge in [-0.3, -0.25) is 9.59 Å². The Labute approximate surface area is 329 Å². The number of aliphatic hydroxyl groups is 2. The molecule has 1 fully saturated rings. The monoisotopic (exact) mass is 796 g/mol. The maximum absolute atomic E-state index is 14.2. The number of hydrogen-bond acceptors (Lipinski definition) is 8. The number of aryl methyl sites for hydroxylation is 1. The molecule has 0 saturated heterocycles. The van der Waals surface area contributed by atoms with Crippen molar-refractivity contribution in [2.75, 3.05) is 26.2 Å². The average Bonchev–Trinajstić information content (AvgIpc) is 3.21. The van der Waals surface area contributed by atoms with Crippen LogP contribution in [0, 0.1) is 5.92 Å². The lowest BCUT2D eigenvalue weighted by Gasteiger charge is -2.28. The van der Waals surface area contributed by atoms with E-state index in [2.05, 4.69) is 23.7 Å². The van der Waals surface area contributed by atoms with Crippen LogP contribution in [-0.2, 0) is 40.1 Å². The number of para-hydroxylation sites is 1. The zero-order valence-corrected chi connectivity index (χ0v) is 32.2. The lowest BCUT2D eigenvalue weighted by atomic mass is 9.86. The van der Waals surface area contributed by atoms with Gasteiger partial charge >= 0.3 is 18.1 Å². The summed E-state index contributed by atoms with van der Waals surface area (Å²) in [5.74, 6) is -2.31. The number of rotatable bonds is 16. The van der Waals surface area contributed by atoms with E-state index < -0.39 is 35.9 Å². The Balaban J connectivity index is 0.000000635. The van der Waals surface area contributed by atoms with E-state index in [0.717, 1.165) is 54.8 Å². The summed E-state index contributed by atoms with van der Waals surface area (Å²) in [6, 6.07) is 20.1. The molecule has 57 heavy (non-hydrogen) atoms. The SMILES string of the molecule is CCN(CC)CCN(Cc1ccc(-c2ccc(C(F)(F)F)cc2)cc1)C(=O)Cn1c(CCC2CCCCC2)nc(=O)c2ccccc21.O=C(O)[C@H](O)[C@@H](O)C(=O)O. The van der Waals surface area contributed by atoms with Crippen LogP contribution < -0.4 is 5.56 Å². The number of halogens is 3. The fraction of sp³-hybridized carbons (Fsp3) is 0.452. The Morgan fingerprint density at radius 2 is 1.39 bits per heavy atom. The molecule has 4 N–H and O–H groups in total. The normalized spacial score (nSPS) is 14.5. The molecule has 5 rings (SSSR count). The number of carbonyl (C=O) groups is 3. The molecule has 15 heteroatoms. The van der Waals surface area contributed by atoms with Crippen LogP contribution in [0.3, 0.4) is 0 Å². The molecule has 4 aromatic rings. The third-order valence-electron chi connectivity index (χ3n) is 10.4. The third kappa shape index (κ3) is 12.7. The average molecular weight is 797 g/mol. The summed E-state index contributed by atoms with van der Waals surface area (Å²) in [6.45, 7) is 7.68. The molecule has 0 bridgehead atoms. The van der Waals surface area contributed by atoms with E-state index in [-0.39, 0.29) is 18.0 Å². The third-order valence-corrected chi connectivity index (χ3v) is 10.4. The Bertz CT molecular complexity index is 1980. The molecule has 1 heterocycles. The van der Waals surface area contributed by atoms with Gasteiger partial charge in [0.05, 0.1) is 16.5 Å². The van der Waals surface area contributed by atoms with E-state index in [1.807, 2.05) is 51.9 Å². The maximum atomic E-state index is 14.2. The number of carboxylic acids is 2. The van der Waals surface area contributed by atoms with E-state index >= 15 is 0 Å². The summed E-state index contributed by atoms with van der Waals surface area (Å²) < 4.78 is 41.1. The largest absolute Gasteiger partial charge is 0.479 e. The van der Waals surface area contributed by atoms with Gasteiger partial charge in [-0.2, -0.15) is 18.2 Å². The van der Waals surface area contributed by atoms with Crippen LogP contribution >= 0.6 is 0 Å². The predicted molar refractivity (Wildman–Crippen MR) is 208 cm³/mol. The zero-order valence-electron chi connectivity index (χ0n) is 32.2. The number of aliphatic hydroxyl groups excluding tert-OH is 2. The molecular formula is C42H51F3N4O8. The molecule has 2 atom stereocenters. The number of benzene rings is 3. The van der Waals surface area contributed by atoms with Crippen molar-refractivity contribution < 1.29 is 48.0 Å². The van der Waals surface area contributed by atoms with Crippen molar-refractivity contribution >= 4 is 28.7 Å². The van der Waals surface area contributed by atoms with Crippen LogP contribution in [0.15, 0.2) is 77.6 Å². The Kier molecular flexibility index (Phi) is 16.3. The van der Waals surface area contributed by atoms with Gasteiger partial charge in [-0.25, -0.2) is 9.59 Å². The number of amides is 1. The van der Waals surface area contributed by atoms with Crippen molar-refractivity contribution in [2.24, 2.45) is 5.92 Å². The number of likely N-dealkylation sites (N-methyl/N-ethyl adjacent to an activating group) is 1. The van der Waals surface area contributed by atoms with Crippen molar-refractivity contribution in [3.8, 4) is 11.1 Å². The summed E-state index contributed by atoms with van der Waals surface area (Å²) in [7, 11) is 0. The number of hydrogen-bond donors (Lipinski definition) is 4. The fourth-order valence-corrected chi connectivity index (χ4v) is 6.92. The second-order valence-electron chi connectivity index (χ2n) is 14.2. The van der Waals surface area contributed by atoms with Gasteiger partial charge in [0.25, 0.3) is 5.56 Å². The predicted octanol–water partition coefficient (Wildman–Crippen LogP) is 5.84. The number of carboxylic acid groups (broad SMARTS) is 2. The lowest BCUT2D eigenvalue weighted by Crippen LogP contribution is -2.40. The van der Waals surface area contributed by atoms with Gasteiger partial charge in [0, 0.05) is 26.1 Å². The van der Waals surface area contributed by atoms with Gasteiger partial charge in [0.2, 0.25) is 5.91 Å². The Morgan fingerprint density at radius 3 is 1.93 bits per heavy atom. The minimum absolute atomic E-state index is 0.0570. The highest BCUT2D eigenvalue weighted by molar-refractivity contribution is 5.83. The molecule has 12 nitrogen and oxygen atoms in total. The first kappa shape index (κ1) is 44.6. The minimum atomic E-state index is -4.38. The molecule has 1 aromatic heterocycles. The molecule has 0 aliphatic heterocycles. The second-order valence-corrected chi connectivity index (χ2v) is 14.2. The van der Waals surface area contributed by atoms with Gasteiger partial charge < -0.3 is 34.8 Å². The van der Waals surface area contributed by atoms with Gasteiger partial charge in [0.15, 0.2) is 12.2 Å². The number of aromatic nitrogens is 2. The van der Waals surface area contributed by atoms with Gasteiger partial charge in [0.1, 0.15) is 12.4 Å². The number of nitrogens with zero attached hydrogens (tertiary/aromatic N) is 4. The van der Waals surface area contributed by atoms with E-state index in [9.17, 15) is 32.3 Å².